The van der Waals surface area contributed by atoms with Gasteiger partial charge in [-0.3, -0.25) is 9.59 Å². The van der Waals surface area contributed by atoms with Crippen LogP contribution < -0.4 is 0 Å². The maximum atomic E-state index is 12.8. The molecule has 0 amide bonds. The smallest absolute Gasteiger partial charge is 0.308 e. The van der Waals surface area contributed by atoms with Crippen LogP contribution in [0.4, 0.5) is 0 Å². The summed E-state index contributed by atoms with van der Waals surface area (Å²) in [4.78, 5) is 27.5. The molecule has 1 N–H and O–H groups in total. The average Bonchev–Trinajstić information content (AvgIpc) is 3.01. The van der Waals surface area contributed by atoms with Crippen LogP contribution in [-0.4, -0.2) is 60.4 Å². The molecule has 266 valence electrons. The Labute approximate surface area is 279 Å². The number of piperidine rings is 1. The molecule has 6 nitrogen and oxygen atoms in total. The Bertz CT molecular complexity index is 706. The molecule has 0 radical (unpaired) electrons. The van der Waals surface area contributed by atoms with E-state index in [4.69, 9.17) is 9.47 Å². The second kappa shape index (κ2) is 27.9. The summed E-state index contributed by atoms with van der Waals surface area (Å²) in [6.45, 7) is 8.91. The minimum Gasteiger partial charge on any atom is -0.466 e. The van der Waals surface area contributed by atoms with Gasteiger partial charge in [-0.25, -0.2) is 0 Å². The Kier molecular flexibility index (Phi) is 26.0. The molecular weight excluding hydrogens is 562 g/mol. The minimum atomic E-state index is -0.910. The second-order valence-electron chi connectivity index (χ2n) is 14.4. The van der Waals surface area contributed by atoms with Crippen molar-refractivity contribution in [1.82, 2.24) is 4.90 Å². The highest BCUT2D eigenvalue weighted by Crippen LogP contribution is 2.27. The van der Waals surface area contributed by atoms with E-state index in [-0.39, 0.29) is 24.5 Å². The van der Waals surface area contributed by atoms with E-state index in [1.54, 1.807) is 0 Å². The second-order valence-corrected chi connectivity index (χ2v) is 14.4. The molecule has 1 aliphatic rings. The van der Waals surface area contributed by atoms with Crippen molar-refractivity contribution in [2.24, 2.45) is 5.92 Å². The zero-order valence-electron chi connectivity index (χ0n) is 30.4. The summed E-state index contributed by atoms with van der Waals surface area (Å²) in [6, 6.07) is 0. The lowest BCUT2D eigenvalue weighted by Gasteiger charge is -2.36. The number of esters is 2. The third kappa shape index (κ3) is 23.8. The van der Waals surface area contributed by atoms with E-state index in [2.05, 4.69) is 32.7 Å². The number of aliphatic hydroxyl groups is 1. The third-order valence-electron chi connectivity index (χ3n) is 9.89. The van der Waals surface area contributed by atoms with Gasteiger partial charge in [0, 0.05) is 19.5 Å². The van der Waals surface area contributed by atoms with E-state index in [9.17, 15) is 14.7 Å². The minimum absolute atomic E-state index is 0.00363. The highest BCUT2D eigenvalue weighted by molar-refractivity contribution is 5.71. The van der Waals surface area contributed by atoms with Crippen molar-refractivity contribution in [1.29, 1.82) is 0 Å². The van der Waals surface area contributed by atoms with Crippen LogP contribution >= 0.6 is 0 Å². The van der Waals surface area contributed by atoms with Crippen molar-refractivity contribution in [3.05, 3.63) is 0 Å². The van der Waals surface area contributed by atoms with Gasteiger partial charge in [-0.2, -0.15) is 0 Å². The first-order valence-corrected chi connectivity index (χ1v) is 19.6. The molecule has 0 aromatic heterocycles. The quantitative estimate of drug-likeness (QED) is 0.0624. The number of rotatable bonds is 30. The summed E-state index contributed by atoms with van der Waals surface area (Å²) < 4.78 is 11.6. The lowest BCUT2D eigenvalue weighted by molar-refractivity contribution is -0.157. The predicted octanol–water partition coefficient (Wildman–Crippen LogP) is 10.3. The van der Waals surface area contributed by atoms with Gasteiger partial charge in [0.1, 0.15) is 6.10 Å². The van der Waals surface area contributed by atoms with Crippen LogP contribution in [0.1, 0.15) is 194 Å². The molecule has 2 unspecified atom stereocenters. The molecule has 0 saturated carbocycles. The number of ether oxygens (including phenoxy) is 2. The maximum absolute atomic E-state index is 12.8. The Morgan fingerprint density at radius 2 is 1.11 bits per heavy atom. The van der Waals surface area contributed by atoms with Crippen LogP contribution in [0.5, 0.6) is 0 Å². The Hall–Kier alpha value is -1.14. The topological polar surface area (TPSA) is 76.1 Å². The average molecular weight is 638 g/mol. The lowest BCUT2D eigenvalue weighted by Crippen LogP contribution is -2.44. The third-order valence-corrected chi connectivity index (χ3v) is 9.89. The van der Waals surface area contributed by atoms with Crippen molar-refractivity contribution in [2.45, 2.75) is 206 Å². The van der Waals surface area contributed by atoms with Crippen LogP contribution in [0.15, 0.2) is 0 Å². The first-order chi connectivity index (χ1) is 21.8. The molecule has 45 heavy (non-hydrogen) atoms. The molecule has 0 spiro atoms. The van der Waals surface area contributed by atoms with Gasteiger partial charge < -0.3 is 19.5 Å². The van der Waals surface area contributed by atoms with E-state index in [0.29, 0.717) is 31.8 Å². The summed E-state index contributed by atoms with van der Waals surface area (Å²) in [5.74, 6) is 0.260. The van der Waals surface area contributed by atoms with Gasteiger partial charge in [-0.1, -0.05) is 124 Å². The van der Waals surface area contributed by atoms with E-state index >= 15 is 0 Å². The summed E-state index contributed by atoms with van der Waals surface area (Å²) >= 11 is 0. The number of unbranched alkanes of at least 4 members (excludes halogenated alkanes) is 15. The number of likely N-dealkylation sites (tertiary alicyclic amines) is 1. The molecule has 0 aromatic rings. The summed E-state index contributed by atoms with van der Waals surface area (Å²) in [6.07, 6.45) is 28.9. The Morgan fingerprint density at radius 1 is 0.644 bits per heavy atom. The summed E-state index contributed by atoms with van der Waals surface area (Å²) in [5.41, 5.74) is -0.910. The van der Waals surface area contributed by atoms with Crippen LogP contribution in [-0.2, 0) is 19.1 Å². The molecule has 1 aliphatic heterocycles. The van der Waals surface area contributed by atoms with Crippen LogP contribution in [0.25, 0.3) is 0 Å². The Balaban J connectivity index is 2.27. The molecule has 0 bridgehead atoms. The number of hydrogen-bond donors (Lipinski definition) is 1. The number of carbonyl (C=O) groups is 2. The highest BCUT2D eigenvalue weighted by atomic mass is 16.5. The molecule has 0 aliphatic carbocycles. The van der Waals surface area contributed by atoms with Crippen LogP contribution in [0, 0.1) is 5.92 Å². The van der Waals surface area contributed by atoms with Gasteiger partial charge in [-0.05, 0) is 70.8 Å². The van der Waals surface area contributed by atoms with Gasteiger partial charge in [0.15, 0.2) is 0 Å². The number of carbonyl (C=O) groups excluding carboxylic acids is 2. The fourth-order valence-electron chi connectivity index (χ4n) is 6.66. The Morgan fingerprint density at radius 3 is 1.69 bits per heavy atom. The molecule has 1 rings (SSSR count). The van der Waals surface area contributed by atoms with Gasteiger partial charge in [-0.15, -0.1) is 0 Å². The molecule has 1 heterocycles. The monoisotopic (exact) mass is 638 g/mol. The zero-order chi connectivity index (χ0) is 33.0. The largest absolute Gasteiger partial charge is 0.466 e. The number of nitrogens with zero attached hydrogens (tertiary/aromatic N) is 1. The standard InChI is InChI=1S/C39H75NO5/c1-5-8-11-13-14-17-21-26-36(45-38(42)34-39(43)28-30-40(4)31-29-39)27-22-18-15-16-19-23-32-44-37(41)33-35(24-10-7-3)25-20-12-9-6-2/h35-36,43H,5-34H2,1-4H3. The van der Waals surface area contributed by atoms with Crippen molar-refractivity contribution in [2.75, 3.05) is 26.7 Å². The predicted molar refractivity (Wildman–Crippen MR) is 188 cm³/mol. The SMILES string of the molecule is CCCCCCCCCC(CCCCCCCCOC(=O)CC(CCCC)CCCCCC)OC(=O)CC1(O)CCN(C)CC1. The van der Waals surface area contributed by atoms with Gasteiger partial charge in [0.25, 0.3) is 0 Å². The van der Waals surface area contributed by atoms with Crippen molar-refractivity contribution >= 4 is 11.9 Å². The highest BCUT2D eigenvalue weighted by Gasteiger charge is 2.34. The fraction of sp³-hybridized carbons (Fsp3) is 0.949. The van der Waals surface area contributed by atoms with Crippen LogP contribution in [0.2, 0.25) is 0 Å². The summed E-state index contributed by atoms with van der Waals surface area (Å²) in [5, 5.41) is 10.9. The van der Waals surface area contributed by atoms with E-state index in [0.717, 1.165) is 83.7 Å². The summed E-state index contributed by atoms with van der Waals surface area (Å²) in [7, 11) is 2.06. The molecule has 0 aromatic carbocycles. The van der Waals surface area contributed by atoms with Gasteiger partial charge in [0.2, 0.25) is 0 Å². The number of hydrogen-bond acceptors (Lipinski definition) is 6. The fourth-order valence-corrected chi connectivity index (χ4v) is 6.66. The van der Waals surface area contributed by atoms with Crippen LogP contribution in [0.3, 0.4) is 0 Å². The molecular formula is C39H75NO5. The first kappa shape index (κ1) is 41.9. The normalized spacial score (nSPS) is 16.4. The van der Waals surface area contributed by atoms with Crippen molar-refractivity contribution in [3.8, 4) is 0 Å². The molecule has 1 saturated heterocycles. The molecule has 2 atom stereocenters. The van der Waals surface area contributed by atoms with Gasteiger partial charge in [0.05, 0.1) is 18.6 Å². The van der Waals surface area contributed by atoms with Gasteiger partial charge >= 0.3 is 11.9 Å². The van der Waals surface area contributed by atoms with E-state index in [1.165, 1.54) is 77.0 Å². The molecule has 6 heteroatoms. The van der Waals surface area contributed by atoms with Crippen molar-refractivity contribution < 1.29 is 24.2 Å². The first-order valence-electron chi connectivity index (χ1n) is 19.6. The maximum Gasteiger partial charge on any atom is 0.308 e. The van der Waals surface area contributed by atoms with E-state index in [1.807, 2.05) is 0 Å². The zero-order valence-corrected chi connectivity index (χ0v) is 30.4. The molecule has 1 fully saturated rings. The lowest BCUT2D eigenvalue weighted by atomic mass is 9.88. The van der Waals surface area contributed by atoms with Crippen molar-refractivity contribution in [3.63, 3.8) is 0 Å². The van der Waals surface area contributed by atoms with E-state index < -0.39 is 5.60 Å².